The van der Waals surface area contributed by atoms with Gasteiger partial charge in [-0.05, 0) is 75.3 Å². The van der Waals surface area contributed by atoms with Crippen molar-refractivity contribution in [1.29, 1.82) is 0 Å². The van der Waals surface area contributed by atoms with Crippen molar-refractivity contribution in [2.24, 2.45) is 17.8 Å². The highest BCUT2D eigenvalue weighted by atomic mass is 35.5. The van der Waals surface area contributed by atoms with E-state index in [9.17, 15) is 19.7 Å². The third-order valence-electron chi connectivity index (χ3n) is 6.45. The minimum absolute atomic E-state index is 0.184. The first kappa shape index (κ1) is 19.2. The van der Waals surface area contributed by atoms with E-state index in [2.05, 4.69) is 5.32 Å². The van der Waals surface area contributed by atoms with Gasteiger partial charge in [0.05, 0.1) is 4.92 Å². The van der Waals surface area contributed by atoms with Crippen molar-refractivity contribution in [2.45, 2.75) is 57.1 Å². The molecule has 1 unspecified atom stereocenters. The van der Waals surface area contributed by atoms with Crippen molar-refractivity contribution in [1.82, 2.24) is 5.32 Å². The molecule has 0 radical (unpaired) electrons. The molecule has 150 valence electrons. The van der Waals surface area contributed by atoms with Crippen LogP contribution in [0.3, 0.4) is 0 Å². The number of rotatable bonds is 5. The van der Waals surface area contributed by atoms with Gasteiger partial charge in [-0.3, -0.25) is 14.9 Å². The molecule has 0 spiro atoms. The van der Waals surface area contributed by atoms with Crippen LogP contribution in [0.4, 0.5) is 5.69 Å². The molecule has 4 saturated carbocycles. The summed E-state index contributed by atoms with van der Waals surface area (Å²) in [6, 6.07) is 3.67. The molecule has 1 amide bonds. The second-order valence-electron chi connectivity index (χ2n) is 8.65. The number of esters is 1. The number of benzene rings is 1. The minimum Gasteiger partial charge on any atom is -0.449 e. The monoisotopic (exact) mass is 406 g/mol. The molecule has 4 fully saturated rings. The normalized spacial score (nSPS) is 31.3. The summed E-state index contributed by atoms with van der Waals surface area (Å²) in [6.07, 6.45) is 5.72. The van der Waals surface area contributed by atoms with E-state index in [4.69, 9.17) is 16.3 Å². The molecule has 0 aromatic heterocycles. The van der Waals surface area contributed by atoms with Gasteiger partial charge in [-0.15, -0.1) is 0 Å². The highest BCUT2D eigenvalue weighted by Crippen LogP contribution is 2.55. The van der Waals surface area contributed by atoms with Crippen LogP contribution in [-0.4, -0.2) is 28.4 Å². The second kappa shape index (κ2) is 7.03. The van der Waals surface area contributed by atoms with Crippen LogP contribution in [0.5, 0.6) is 0 Å². The van der Waals surface area contributed by atoms with E-state index in [1.807, 2.05) is 0 Å². The number of hydrogen-bond donors (Lipinski definition) is 1. The standard InChI is InChI=1S/C20H23ClN2O5/c1-11(28-19(25)16-7-15(21)2-3-17(16)23(26)27)18(24)22-20-8-12-4-13(9-20)6-14(5-12)10-20/h2-3,7,11-14H,4-6,8-10H2,1H3,(H,22,24). The molecule has 5 rings (SSSR count). The molecular formula is C20H23ClN2O5. The lowest BCUT2D eigenvalue weighted by atomic mass is 9.53. The molecule has 7 nitrogen and oxygen atoms in total. The Morgan fingerprint density at radius 3 is 2.32 bits per heavy atom. The molecule has 1 aromatic rings. The van der Waals surface area contributed by atoms with Crippen molar-refractivity contribution < 1.29 is 19.2 Å². The Hall–Kier alpha value is -2.15. The van der Waals surface area contributed by atoms with Gasteiger partial charge in [0.2, 0.25) is 0 Å². The molecule has 0 heterocycles. The first-order valence-corrected chi connectivity index (χ1v) is 10.1. The molecule has 4 bridgehead atoms. The molecule has 0 saturated heterocycles. The van der Waals surface area contributed by atoms with E-state index < -0.39 is 22.7 Å². The zero-order valence-corrected chi connectivity index (χ0v) is 16.4. The molecular weight excluding hydrogens is 384 g/mol. The summed E-state index contributed by atoms with van der Waals surface area (Å²) in [6.45, 7) is 1.49. The van der Waals surface area contributed by atoms with Crippen molar-refractivity contribution in [2.75, 3.05) is 0 Å². The van der Waals surface area contributed by atoms with Gasteiger partial charge < -0.3 is 10.1 Å². The molecule has 1 N–H and O–H groups in total. The number of nitro groups is 1. The fraction of sp³-hybridized carbons (Fsp3) is 0.600. The number of nitro benzene ring substituents is 1. The molecule has 4 aliphatic rings. The van der Waals surface area contributed by atoms with Gasteiger partial charge in [0.1, 0.15) is 5.56 Å². The summed E-state index contributed by atoms with van der Waals surface area (Å²) >= 11 is 5.86. The van der Waals surface area contributed by atoms with Crippen molar-refractivity contribution in [3.05, 3.63) is 38.9 Å². The number of hydrogen-bond acceptors (Lipinski definition) is 5. The first-order chi connectivity index (χ1) is 13.2. The fourth-order valence-corrected chi connectivity index (χ4v) is 5.91. The number of amides is 1. The van der Waals surface area contributed by atoms with Crippen LogP contribution in [0.15, 0.2) is 18.2 Å². The Labute approximate surface area is 167 Å². The number of nitrogens with one attached hydrogen (secondary N) is 1. The number of nitrogens with zero attached hydrogens (tertiary/aromatic N) is 1. The maximum absolute atomic E-state index is 12.7. The zero-order chi connectivity index (χ0) is 20.1. The summed E-state index contributed by atoms with van der Waals surface area (Å²) in [4.78, 5) is 35.6. The number of halogens is 1. The zero-order valence-electron chi connectivity index (χ0n) is 15.7. The van der Waals surface area contributed by atoms with E-state index in [0.29, 0.717) is 17.8 Å². The van der Waals surface area contributed by atoms with Gasteiger partial charge >= 0.3 is 5.97 Å². The van der Waals surface area contributed by atoms with Crippen LogP contribution in [0.2, 0.25) is 5.02 Å². The maximum Gasteiger partial charge on any atom is 0.345 e. The van der Waals surface area contributed by atoms with Crippen molar-refractivity contribution in [3.63, 3.8) is 0 Å². The second-order valence-corrected chi connectivity index (χ2v) is 9.09. The van der Waals surface area contributed by atoms with E-state index in [1.165, 1.54) is 38.3 Å². The number of carbonyl (C=O) groups is 2. The molecule has 1 aromatic carbocycles. The Morgan fingerprint density at radius 2 is 1.79 bits per heavy atom. The van der Waals surface area contributed by atoms with E-state index >= 15 is 0 Å². The molecule has 8 heteroatoms. The summed E-state index contributed by atoms with van der Waals surface area (Å²) in [5.41, 5.74) is -0.843. The van der Waals surface area contributed by atoms with E-state index in [0.717, 1.165) is 25.3 Å². The fourth-order valence-electron chi connectivity index (χ4n) is 5.74. The predicted octanol–water partition coefficient (Wildman–Crippen LogP) is 3.88. The summed E-state index contributed by atoms with van der Waals surface area (Å²) < 4.78 is 5.24. The number of carbonyl (C=O) groups excluding carboxylic acids is 2. The quantitative estimate of drug-likeness (QED) is 0.454. The third-order valence-corrected chi connectivity index (χ3v) is 6.69. The summed E-state index contributed by atoms with van der Waals surface area (Å²) in [5.74, 6) is 0.762. The number of ether oxygens (including phenoxy) is 1. The maximum atomic E-state index is 12.7. The lowest BCUT2D eigenvalue weighted by Gasteiger charge is -2.57. The summed E-state index contributed by atoms with van der Waals surface area (Å²) in [5, 5.41) is 14.5. The topological polar surface area (TPSA) is 98.5 Å². The average Bonchev–Trinajstić information content (AvgIpc) is 2.59. The SMILES string of the molecule is CC(OC(=O)c1cc(Cl)ccc1[N+](=O)[O-])C(=O)NC12CC3CC(CC(C3)C1)C2. The Balaban J connectivity index is 1.43. The van der Waals surface area contributed by atoms with Gasteiger partial charge in [0.25, 0.3) is 11.6 Å². The van der Waals surface area contributed by atoms with Crippen molar-refractivity contribution >= 4 is 29.2 Å². The largest absolute Gasteiger partial charge is 0.449 e. The Bertz CT molecular complexity index is 805. The van der Waals surface area contributed by atoms with Crippen LogP contribution in [0, 0.1) is 27.9 Å². The molecule has 0 aliphatic heterocycles. The average molecular weight is 407 g/mol. The molecule has 28 heavy (non-hydrogen) atoms. The first-order valence-electron chi connectivity index (χ1n) is 9.71. The lowest BCUT2D eigenvalue weighted by Crippen LogP contribution is -2.61. The highest BCUT2D eigenvalue weighted by molar-refractivity contribution is 6.31. The van der Waals surface area contributed by atoms with Crippen LogP contribution in [-0.2, 0) is 9.53 Å². The molecule has 1 atom stereocenters. The van der Waals surface area contributed by atoms with Gasteiger partial charge in [-0.1, -0.05) is 11.6 Å². The predicted molar refractivity (Wildman–Crippen MR) is 102 cm³/mol. The van der Waals surface area contributed by atoms with Gasteiger partial charge in [0, 0.05) is 16.6 Å². The van der Waals surface area contributed by atoms with Gasteiger partial charge in [-0.25, -0.2) is 4.79 Å². The van der Waals surface area contributed by atoms with Crippen molar-refractivity contribution in [3.8, 4) is 0 Å². The van der Waals surface area contributed by atoms with Crippen LogP contribution in [0.25, 0.3) is 0 Å². The van der Waals surface area contributed by atoms with Crippen LogP contribution < -0.4 is 5.32 Å². The van der Waals surface area contributed by atoms with Gasteiger partial charge in [0.15, 0.2) is 6.10 Å². The van der Waals surface area contributed by atoms with Crippen LogP contribution >= 0.6 is 11.6 Å². The third kappa shape index (κ3) is 3.60. The van der Waals surface area contributed by atoms with Gasteiger partial charge in [-0.2, -0.15) is 0 Å². The Morgan fingerprint density at radius 1 is 1.21 bits per heavy atom. The summed E-state index contributed by atoms with van der Waals surface area (Å²) in [7, 11) is 0. The van der Waals surface area contributed by atoms with E-state index in [-0.39, 0.29) is 22.0 Å². The highest BCUT2D eigenvalue weighted by Gasteiger charge is 2.51. The molecule has 4 aliphatic carbocycles. The Kier molecular flexibility index (Phi) is 4.81. The van der Waals surface area contributed by atoms with E-state index in [1.54, 1.807) is 0 Å². The lowest BCUT2D eigenvalue weighted by molar-refractivity contribution is -0.385. The smallest absolute Gasteiger partial charge is 0.345 e. The minimum atomic E-state index is -1.04. The van der Waals surface area contributed by atoms with Crippen LogP contribution in [0.1, 0.15) is 55.8 Å².